The molecule has 0 fully saturated rings. The highest BCUT2D eigenvalue weighted by Crippen LogP contribution is 2.43. The van der Waals surface area contributed by atoms with Crippen LogP contribution in [-0.2, 0) is 4.79 Å². The van der Waals surface area contributed by atoms with Crippen LogP contribution in [0.25, 0.3) is 6.08 Å². The summed E-state index contributed by atoms with van der Waals surface area (Å²) in [5.41, 5.74) is 0.570. The molecule has 1 aromatic carbocycles. The third-order valence-electron chi connectivity index (χ3n) is 2.50. The zero-order valence-electron chi connectivity index (χ0n) is 11.8. The molecule has 0 spiro atoms. The Morgan fingerprint density at radius 2 is 2.19 bits per heavy atom. The van der Waals surface area contributed by atoms with E-state index in [1.807, 2.05) is 13.8 Å². The fourth-order valence-corrected chi connectivity index (χ4v) is 2.22. The number of hydrogen-bond donors (Lipinski definition) is 1. The van der Waals surface area contributed by atoms with Gasteiger partial charge in [0.25, 0.3) is 0 Å². The first-order valence-corrected chi connectivity index (χ1v) is 7.12. The van der Waals surface area contributed by atoms with Gasteiger partial charge in [-0.1, -0.05) is 49.7 Å². The molecule has 6 heteroatoms. The number of benzene rings is 1. The molecule has 0 saturated carbocycles. The number of carboxylic acids is 1. The first-order valence-electron chi connectivity index (χ1n) is 6.37. The summed E-state index contributed by atoms with van der Waals surface area (Å²) in [5.74, 6) is -0.329. The van der Waals surface area contributed by atoms with Crippen molar-refractivity contribution >= 4 is 35.2 Å². The van der Waals surface area contributed by atoms with E-state index in [1.54, 1.807) is 12.1 Å². The van der Waals surface area contributed by atoms with Crippen LogP contribution in [0.5, 0.6) is 11.5 Å². The molecule has 1 N–H and O–H groups in total. The molecule has 1 aromatic rings. The number of hydrogen-bond acceptors (Lipinski definition) is 3. The van der Waals surface area contributed by atoms with Gasteiger partial charge in [0.1, 0.15) is 19.0 Å². The number of halogens is 2. The molecule has 0 amide bonds. The van der Waals surface area contributed by atoms with E-state index in [9.17, 15) is 4.79 Å². The van der Waals surface area contributed by atoms with Crippen molar-refractivity contribution < 1.29 is 19.4 Å². The van der Waals surface area contributed by atoms with Gasteiger partial charge in [0.05, 0.1) is 15.6 Å². The van der Waals surface area contributed by atoms with E-state index >= 15 is 0 Å². The minimum atomic E-state index is -1.05. The number of aliphatic carboxylic acids is 1. The summed E-state index contributed by atoms with van der Waals surface area (Å²) in [6, 6.07) is 1.55. The smallest absolute Gasteiger partial charge is 0.335 e. The van der Waals surface area contributed by atoms with Crippen LogP contribution in [0.4, 0.5) is 0 Å². The first kappa shape index (κ1) is 17.4. The van der Waals surface area contributed by atoms with Gasteiger partial charge in [-0.15, -0.1) is 0 Å². The molecule has 2 rings (SSSR count). The maximum atomic E-state index is 10.9. The van der Waals surface area contributed by atoms with Crippen molar-refractivity contribution in [3.8, 4) is 11.5 Å². The summed E-state index contributed by atoms with van der Waals surface area (Å²) in [6.45, 7) is 7.75. The van der Waals surface area contributed by atoms with Crippen molar-refractivity contribution in [2.45, 2.75) is 13.8 Å². The summed E-state index contributed by atoms with van der Waals surface area (Å²) in [4.78, 5) is 10.9. The Morgan fingerprint density at radius 1 is 1.52 bits per heavy atom. The molecule has 21 heavy (non-hydrogen) atoms. The van der Waals surface area contributed by atoms with Gasteiger partial charge in [-0.2, -0.15) is 0 Å². The SMILES string of the molecule is C=CCOc1c(Cl)cc2c(c1Cl)C=C(C(=O)O)CO2.CC. The van der Waals surface area contributed by atoms with E-state index < -0.39 is 5.97 Å². The Bertz CT molecular complexity index is 580. The molecule has 0 atom stereocenters. The maximum Gasteiger partial charge on any atom is 0.335 e. The Balaban J connectivity index is 0.00000106. The fraction of sp³-hybridized carbons (Fsp3) is 0.267. The van der Waals surface area contributed by atoms with Crippen LogP contribution >= 0.6 is 23.2 Å². The van der Waals surface area contributed by atoms with Crippen molar-refractivity contribution in [3.63, 3.8) is 0 Å². The van der Waals surface area contributed by atoms with E-state index in [0.717, 1.165) is 0 Å². The van der Waals surface area contributed by atoms with Gasteiger partial charge in [0, 0.05) is 11.6 Å². The zero-order chi connectivity index (χ0) is 16.0. The van der Waals surface area contributed by atoms with Crippen LogP contribution in [0.15, 0.2) is 24.3 Å². The second kappa shape index (κ2) is 7.96. The quantitative estimate of drug-likeness (QED) is 0.829. The second-order valence-electron chi connectivity index (χ2n) is 3.78. The summed E-state index contributed by atoms with van der Waals surface area (Å²) in [7, 11) is 0. The summed E-state index contributed by atoms with van der Waals surface area (Å²) >= 11 is 12.2. The average Bonchev–Trinajstić information content (AvgIpc) is 2.48. The number of fused-ring (bicyclic) bond motifs is 1. The normalized spacial score (nSPS) is 12.1. The Hall–Kier alpha value is -1.65. The Morgan fingerprint density at radius 3 is 2.76 bits per heavy atom. The number of rotatable bonds is 4. The molecular formula is C15H16Cl2O4. The van der Waals surface area contributed by atoms with Crippen LogP contribution in [0.1, 0.15) is 19.4 Å². The Labute approximate surface area is 133 Å². The van der Waals surface area contributed by atoms with E-state index in [-0.39, 0.29) is 29.6 Å². The lowest BCUT2D eigenvalue weighted by molar-refractivity contribution is -0.132. The molecule has 1 aliphatic rings. The predicted molar refractivity (Wildman–Crippen MR) is 84.6 cm³/mol. The van der Waals surface area contributed by atoms with Crippen LogP contribution in [0.2, 0.25) is 10.0 Å². The van der Waals surface area contributed by atoms with Gasteiger partial charge < -0.3 is 14.6 Å². The molecule has 4 nitrogen and oxygen atoms in total. The van der Waals surface area contributed by atoms with Gasteiger partial charge in [0.2, 0.25) is 0 Å². The monoisotopic (exact) mass is 330 g/mol. The Kier molecular flexibility index (Phi) is 6.59. The number of carboxylic acid groups (broad SMARTS) is 1. The standard InChI is InChI=1S/C13H10Cl2O4.C2H6/c1-2-3-18-12-9(14)5-10-8(11(12)15)4-7(6-19-10)13(16)17;1-2/h2,4-5H,1,3,6H2,(H,16,17);1-2H3. The van der Waals surface area contributed by atoms with Crippen LogP contribution in [0.3, 0.4) is 0 Å². The molecule has 0 unspecified atom stereocenters. The lowest BCUT2D eigenvalue weighted by Gasteiger charge is -2.19. The van der Waals surface area contributed by atoms with Gasteiger partial charge in [-0.3, -0.25) is 0 Å². The van der Waals surface area contributed by atoms with Crippen molar-refractivity contribution in [2.24, 2.45) is 0 Å². The lowest BCUT2D eigenvalue weighted by Crippen LogP contribution is -2.14. The molecule has 0 aromatic heterocycles. The number of ether oxygens (including phenoxy) is 2. The van der Waals surface area contributed by atoms with Crippen LogP contribution < -0.4 is 9.47 Å². The molecule has 1 aliphatic heterocycles. The highest BCUT2D eigenvalue weighted by Gasteiger charge is 2.23. The van der Waals surface area contributed by atoms with E-state index in [0.29, 0.717) is 16.3 Å². The van der Waals surface area contributed by atoms with Gasteiger partial charge in [-0.05, 0) is 6.08 Å². The minimum Gasteiger partial charge on any atom is -0.488 e. The lowest BCUT2D eigenvalue weighted by atomic mass is 10.1. The van der Waals surface area contributed by atoms with E-state index in [1.165, 1.54) is 6.08 Å². The van der Waals surface area contributed by atoms with Gasteiger partial charge in [0.15, 0.2) is 5.75 Å². The second-order valence-corrected chi connectivity index (χ2v) is 4.56. The highest BCUT2D eigenvalue weighted by atomic mass is 35.5. The van der Waals surface area contributed by atoms with E-state index in [2.05, 4.69) is 6.58 Å². The van der Waals surface area contributed by atoms with Crippen molar-refractivity contribution in [3.05, 3.63) is 39.9 Å². The first-order chi connectivity index (χ1) is 10.0. The third kappa shape index (κ3) is 3.93. The molecule has 0 bridgehead atoms. The topological polar surface area (TPSA) is 55.8 Å². The summed E-state index contributed by atoms with van der Waals surface area (Å²) < 4.78 is 10.7. The molecule has 0 radical (unpaired) electrons. The highest BCUT2D eigenvalue weighted by molar-refractivity contribution is 6.38. The molecule has 1 heterocycles. The van der Waals surface area contributed by atoms with Crippen molar-refractivity contribution in [2.75, 3.05) is 13.2 Å². The van der Waals surface area contributed by atoms with Crippen molar-refractivity contribution in [1.29, 1.82) is 0 Å². The molecule has 0 aliphatic carbocycles. The fourth-order valence-electron chi connectivity index (χ4n) is 1.62. The zero-order valence-corrected chi connectivity index (χ0v) is 13.3. The third-order valence-corrected chi connectivity index (χ3v) is 3.15. The molecule has 114 valence electrons. The van der Waals surface area contributed by atoms with Gasteiger partial charge in [-0.25, -0.2) is 4.79 Å². The van der Waals surface area contributed by atoms with Crippen molar-refractivity contribution in [1.82, 2.24) is 0 Å². The maximum absolute atomic E-state index is 10.9. The largest absolute Gasteiger partial charge is 0.488 e. The molecular weight excluding hydrogens is 315 g/mol. The minimum absolute atomic E-state index is 0.0259. The van der Waals surface area contributed by atoms with E-state index in [4.69, 9.17) is 37.8 Å². The molecule has 0 saturated heterocycles. The summed E-state index contributed by atoms with van der Waals surface area (Å²) in [5, 5.41) is 9.49. The van der Waals surface area contributed by atoms with Gasteiger partial charge >= 0.3 is 5.97 Å². The van der Waals surface area contributed by atoms with Crippen LogP contribution in [-0.4, -0.2) is 24.3 Å². The average molecular weight is 331 g/mol. The van der Waals surface area contributed by atoms with Crippen LogP contribution in [0, 0.1) is 0 Å². The number of carbonyl (C=O) groups is 1. The predicted octanol–water partition coefficient (Wildman–Crippen LogP) is 4.44. The summed E-state index contributed by atoms with van der Waals surface area (Å²) in [6.07, 6.45) is 3.02.